The SMILES string of the molecule is CCCN(CCC)S(=O)(=O)N1CCC(C(=O)Nc2ccccc2)CC1. The fourth-order valence-corrected chi connectivity index (χ4v) is 4.94. The summed E-state index contributed by atoms with van der Waals surface area (Å²) < 4.78 is 28.7. The lowest BCUT2D eigenvalue weighted by Gasteiger charge is -2.34. The lowest BCUT2D eigenvalue weighted by molar-refractivity contribution is -0.120. The van der Waals surface area contributed by atoms with Gasteiger partial charge >= 0.3 is 0 Å². The number of carbonyl (C=O) groups is 1. The number of benzene rings is 1. The quantitative estimate of drug-likeness (QED) is 0.768. The number of nitrogens with zero attached hydrogens (tertiary/aromatic N) is 2. The van der Waals surface area contributed by atoms with Crippen LogP contribution < -0.4 is 5.32 Å². The van der Waals surface area contributed by atoms with Crippen LogP contribution in [0.25, 0.3) is 0 Å². The molecule has 1 heterocycles. The maximum Gasteiger partial charge on any atom is 0.281 e. The van der Waals surface area contributed by atoms with Gasteiger partial charge in [0.2, 0.25) is 5.91 Å². The van der Waals surface area contributed by atoms with Gasteiger partial charge in [0.05, 0.1) is 0 Å². The number of para-hydroxylation sites is 1. The molecule has 1 amide bonds. The van der Waals surface area contributed by atoms with Crippen molar-refractivity contribution in [2.75, 3.05) is 31.5 Å². The van der Waals surface area contributed by atoms with Gasteiger partial charge in [-0.1, -0.05) is 32.0 Å². The molecule has 0 bridgehead atoms. The Hall–Kier alpha value is -1.44. The van der Waals surface area contributed by atoms with Gasteiger partial charge in [0, 0.05) is 37.8 Å². The molecule has 2 rings (SSSR count). The molecule has 6 nitrogen and oxygen atoms in total. The Bertz CT molecular complexity index is 635. The Kier molecular flexibility index (Phi) is 7.40. The molecular weight excluding hydrogens is 338 g/mol. The zero-order valence-corrected chi connectivity index (χ0v) is 16.0. The van der Waals surface area contributed by atoms with Gasteiger partial charge in [-0.25, -0.2) is 0 Å². The van der Waals surface area contributed by atoms with Crippen LogP contribution in [0.15, 0.2) is 30.3 Å². The van der Waals surface area contributed by atoms with Crippen LogP contribution in [-0.4, -0.2) is 49.1 Å². The zero-order chi connectivity index (χ0) is 18.3. The maximum atomic E-state index is 12.8. The summed E-state index contributed by atoms with van der Waals surface area (Å²) >= 11 is 0. The topological polar surface area (TPSA) is 69.7 Å². The molecule has 0 aromatic heterocycles. The first-order valence-corrected chi connectivity index (χ1v) is 10.5. The number of hydrogen-bond acceptors (Lipinski definition) is 3. The third-order valence-corrected chi connectivity index (χ3v) is 6.50. The van der Waals surface area contributed by atoms with Crippen LogP contribution in [0.4, 0.5) is 5.69 Å². The molecule has 0 atom stereocenters. The van der Waals surface area contributed by atoms with Gasteiger partial charge in [0.1, 0.15) is 0 Å². The molecule has 1 aliphatic heterocycles. The zero-order valence-electron chi connectivity index (χ0n) is 15.1. The third-order valence-electron chi connectivity index (χ3n) is 4.46. The van der Waals surface area contributed by atoms with Crippen LogP contribution in [0.1, 0.15) is 39.5 Å². The predicted octanol–water partition coefficient (Wildman–Crippen LogP) is 2.70. The van der Waals surface area contributed by atoms with Crippen molar-refractivity contribution in [1.29, 1.82) is 0 Å². The minimum absolute atomic E-state index is 0.0257. The highest BCUT2D eigenvalue weighted by atomic mass is 32.2. The number of carbonyl (C=O) groups excluding carboxylic acids is 1. The molecule has 1 fully saturated rings. The van der Waals surface area contributed by atoms with Crippen molar-refractivity contribution >= 4 is 21.8 Å². The van der Waals surface area contributed by atoms with E-state index in [1.54, 1.807) is 4.31 Å². The summed E-state index contributed by atoms with van der Waals surface area (Å²) in [5, 5.41) is 2.91. The third kappa shape index (κ3) is 5.26. The summed E-state index contributed by atoms with van der Waals surface area (Å²) in [7, 11) is -3.42. The number of nitrogens with one attached hydrogen (secondary N) is 1. The van der Waals surface area contributed by atoms with Crippen LogP contribution in [0.3, 0.4) is 0 Å². The van der Waals surface area contributed by atoms with E-state index in [4.69, 9.17) is 0 Å². The molecule has 0 spiro atoms. The van der Waals surface area contributed by atoms with Crippen molar-refractivity contribution in [3.05, 3.63) is 30.3 Å². The summed E-state index contributed by atoms with van der Waals surface area (Å²) in [6, 6.07) is 9.36. The van der Waals surface area contributed by atoms with E-state index in [-0.39, 0.29) is 11.8 Å². The molecular formula is C18H29N3O3S. The van der Waals surface area contributed by atoms with Gasteiger partial charge in [-0.05, 0) is 37.8 Å². The Balaban J connectivity index is 1.92. The molecule has 25 heavy (non-hydrogen) atoms. The van der Waals surface area contributed by atoms with E-state index in [1.807, 2.05) is 44.2 Å². The second-order valence-corrected chi connectivity index (χ2v) is 8.36. The van der Waals surface area contributed by atoms with Crippen molar-refractivity contribution in [2.24, 2.45) is 5.92 Å². The summed E-state index contributed by atoms with van der Waals surface area (Å²) in [5.41, 5.74) is 0.777. The molecule has 140 valence electrons. The van der Waals surface area contributed by atoms with Crippen LogP contribution in [0.5, 0.6) is 0 Å². The van der Waals surface area contributed by atoms with E-state index in [0.717, 1.165) is 18.5 Å². The lowest BCUT2D eigenvalue weighted by Crippen LogP contribution is -2.48. The van der Waals surface area contributed by atoms with Gasteiger partial charge in [0.25, 0.3) is 10.2 Å². The molecule has 1 aromatic carbocycles. The highest BCUT2D eigenvalue weighted by Crippen LogP contribution is 2.23. The van der Waals surface area contributed by atoms with Crippen molar-refractivity contribution in [3.63, 3.8) is 0 Å². The summed E-state index contributed by atoms with van der Waals surface area (Å²) in [6.07, 6.45) is 2.72. The predicted molar refractivity (Wildman–Crippen MR) is 100 cm³/mol. The number of rotatable bonds is 8. The number of amides is 1. The summed E-state index contributed by atoms with van der Waals surface area (Å²) in [4.78, 5) is 12.4. The van der Waals surface area contributed by atoms with Gasteiger partial charge in [-0.15, -0.1) is 0 Å². The van der Waals surface area contributed by atoms with Crippen molar-refractivity contribution < 1.29 is 13.2 Å². The minimum atomic E-state index is -3.42. The molecule has 7 heteroatoms. The second-order valence-electron chi connectivity index (χ2n) is 6.44. The largest absolute Gasteiger partial charge is 0.326 e. The van der Waals surface area contributed by atoms with E-state index in [1.165, 1.54) is 4.31 Å². The van der Waals surface area contributed by atoms with Crippen LogP contribution >= 0.6 is 0 Å². The first kappa shape index (κ1) is 19.9. The van der Waals surface area contributed by atoms with Crippen LogP contribution in [0.2, 0.25) is 0 Å². The van der Waals surface area contributed by atoms with Crippen molar-refractivity contribution in [1.82, 2.24) is 8.61 Å². The highest BCUT2D eigenvalue weighted by Gasteiger charge is 2.34. The maximum absolute atomic E-state index is 12.8. The molecule has 1 aliphatic rings. The van der Waals surface area contributed by atoms with E-state index >= 15 is 0 Å². The normalized spacial score (nSPS) is 16.9. The first-order valence-electron chi connectivity index (χ1n) is 9.10. The minimum Gasteiger partial charge on any atom is -0.326 e. The Morgan fingerprint density at radius 2 is 1.68 bits per heavy atom. The van der Waals surface area contributed by atoms with Crippen LogP contribution in [-0.2, 0) is 15.0 Å². The van der Waals surface area contributed by atoms with E-state index in [9.17, 15) is 13.2 Å². The number of anilines is 1. The van der Waals surface area contributed by atoms with E-state index in [2.05, 4.69) is 5.32 Å². The van der Waals surface area contributed by atoms with E-state index < -0.39 is 10.2 Å². The van der Waals surface area contributed by atoms with Gasteiger partial charge in [-0.2, -0.15) is 17.0 Å². The lowest BCUT2D eigenvalue weighted by atomic mass is 9.97. The number of piperidine rings is 1. The number of hydrogen-bond donors (Lipinski definition) is 1. The summed E-state index contributed by atoms with van der Waals surface area (Å²) in [5.74, 6) is -0.167. The smallest absolute Gasteiger partial charge is 0.281 e. The average molecular weight is 368 g/mol. The molecule has 1 saturated heterocycles. The van der Waals surface area contributed by atoms with E-state index in [0.29, 0.717) is 39.0 Å². The molecule has 1 N–H and O–H groups in total. The fourth-order valence-electron chi connectivity index (χ4n) is 3.12. The molecule has 1 aromatic rings. The highest BCUT2D eigenvalue weighted by molar-refractivity contribution is 7.86. The molecule has 0 unspecified atom stereocenters. The van der Waals surface area contributed by atoms with Gasteiger partial charge in [-0.3, -0.25) is 4.79 Å². The molecule has 0 radical (unpaired) electrons. The fraction of sp³-hybridized carbons (Fsp3) is 0.611. The monoisotopic (exact) mass is 367 g/mol. The molecule has 0 aliphatic carbocycles. The molecule has 0 saturated carbocycles. The Labute approximate surface area is 151 Å². The second kappa shape index (κ2) is 9.31. The Morgan fingerprint density at radius 3 is 2.20 bits per heavy atom. The Morgan fingerprint density at radius 1 is 1.12 bits per heavy atom. The van der Waals surface area contributed by atoms with Crippen molar-refractivity contribution in [2.45, 2.75) is 39.5 Å². The first-order chi connectivity index (χ1) is 12.0. The standard InChI is InChI=1S/C18H29N3O3S/c1-3-12-20(13-4-2)25(23,24)21-14-10-16(11-15-21)18(22)19-17-8-6-5-7-9-17/h5-9,16H,3-4,10-15H2,1-2H3,(H,19,22). The van der Waals surface area contributed by atoms with Crippen LogP contribution in [0, 0.1) is 5.92 Å². The summed E-state index contributed by atoms with van der Waals surface area (Å²) in [6.45, 7) is 5.87. The van der Waals surface area contributed by atoms with Crippen molar-refractivity contribution in [3.8, 4) is 0 Å². The van der Waals surface area contributed by atoms with Gasteiger partial charge < -0.3 is 5.32 Å². The van der Waals surface area contributed by atoms with Gasteiger partial charge in [0.15, 0.2) is 0 Å². The average Bonchev–Trinajstić information content (AvgIpc) is 2.62.